The molecule has 36 heavy (non-hydrogen) atoms. The van der Waals surface area contributed by atoms with E-state index in [9.17, 15) is 9.59 Å². The lowest BCUT2D eigenvalue weighted by Crippen LogP contribution is -2.60. The number of ether oxygens (including phenoxy) is 4. The normalized spacial score (nSPS) is 29.9. The van der Waals surface area contributed by atoms with Crippen LogP contribution in [0.4, 0.5) is 4.79 Å². The standard InChI is InChI=1S/C28H37NO6S/c1-20-9-7-5-4-6-8-10-23-16-24(34-26(30)15-20)17-28(33-3,35-23)25-19-36-27(31)29(25)18-21-11-13-22(32-2)14-12-21/h4-5,11-15,23-25H,6-10,16-19H2,1-3H3/t23-,24-,25+,28?/m1/s1. The molecule has 8 heteroatoms. The Kier molecular flexibility index (Phi) is 9.14. The quantitative estimate of drug-likeness (QED) is 0.371. The molecule has 1 aromatic rings. The van der Waals surface area contributed by atoms with Crippen LogP contribution in [0.2, 0.25) is 0 Å². The van der Waals surface area contributed by atoms with Gasteiger partial charge in [-0.2, -0.15) is 0 Å². The third-order valence-electron chi connectivity index (χ3n) is 7.16. The van der Waals surface area contributed by atoms with Gasteiger partial charge in [-0.3, -0.25) is 4.79 Å². The lowest BCUT2D eigenvalue weighted by Gasteiger charge is -2.48. The number of esters is 1. The van der Waals surface area contributed by atoms with Crippen LogP contribution in [0, 0.1) is 0 Å². The second kappa shape index (κ2) is 12.3. The Labute approximate surface area is 218 Å². The van der Waals surface area contributed by atoms with E-state index >= 15 is 0 Å². The van der Waals surface area contributed by atoms with Crippen molar-refractivity contribution in [3.63, 3.8) is 0 Å². The van der Waals surface area contributed by atoms with Gasteiger partial charge in [0.2, 0.25) is 0 Å². The van der Waals surface area contributed by atoms with E-state index in [0.717, 1.165) is 49.0 Å². The van der Waals surface area contributed by atoms with Crippen molar-refractivity contribution in [2.45, 2.75) is 82.5 Å². The van der Waals surface area contributed by atoms with Crippen LogP contribution >= 0.6 is 11.8 Å². The number of hydrogen-bond acceptors (Lipinski definition) is 7. The summed E-state index contributed by atoms with van der Waals surface area (Å²) in [6.07, 6.45) is 11.1. The summed E-state index contributed by atoms with van der Waals surface area (Å²) in [6.45, 7) is 2.41. The number of thioether (sulfide) groups is 1. The van der Waals surface area contributed by atoms with Crippen LogP contribution in [-0.4, -0.2) is 60.1 Å². The fourth-order valence-electron chi connectivity index (χ4n) is 5.22. The Bertz CT molecular complexity index is 977. The van der Waals surface area contributed by atoms with Crippen LogP contribution in [-0.2, 0) is 25.5 Å². The smallest absolute Gasteiger partial charge is 0.330 e. The first-order valence-corrected chi connectivity index (χ1v) is 13.7. The van der Waals surface area contributed by atoms with Gasteiger partial charge in [-0.25, -0.2) is 4.79 Å². The van der Waals surface area contributed by atoms with Crippen molar-refractivity contribution >= 4 is 23.0 Å². The first kappa shape index (κ1) is 26.8. The molecule has 0 saturated carbocycles. The third kappa shape index (κ3) is 6.52. The Morgan fingerprint density at radius 2 is 1.89 bits per heavy atom. The van der Waals surface area contributed by atoms with Crippen molar-refractivity contribution in [2.75, 3.05) is 20.0 Å². The molecule has 0 aromatic heterocycles. The molecule has 1 aromatic carbocycles. The van der Waals surface area contributed by atoms with Crippen molar-refractivity contribution in [3.8, 4) is 5.75 Å². The number of nitrogens with zero attached hydrogens (tertiary/aromatic N) is 1. The minimum atomic E-state index is -1.05. The average Bonchev–Trinajstić information content (AvgIpc) is 3.23. The molecule has 3 aliphatic heterocycles. The van der Waals surface area contributed by atoms with Crippen LogP contribution in [0.5, 0.6) is 5.75 Å². The minimum absolute atomic E-state index is 0.00246. The summed E-state index contributed by atoms with van der Waals surface area (Å²) in [5.41, 5.74) is 2.01. The largest absolute Gasteiger partial charge is 0.497 e. The Morgan fingerprint density at radius 3 is 2.64 bits per heavy atom. The molecule has 0 spiro atoms. The fraction of sp³-hybridized carbons (Fsp3) is 0.571. The van der Waals surface area contributed by atoms with E-state index in [2.05, 4.69) is 12.2 Å². The third-order valence-corrected chi connectivity index (χ3v) is 8.12. The van der Waals surface area contributed by atoms with E-state index in [0.29, 0.717) is 25.1 Å². The maximum atomic E-state index is 13.0. The van der Waals surface area contributed by atoms with Crippen LogP contribution in [0.15, 0.2) is 48.1 Å². The Hall–Kier alpha value is -2.29. The van der Waals surface area contributed by atoms with Gasteiger partial charge in [-0.1, -0.05) is 41.6 Å². The molecule has 0 aliphatic carbocycles. The van der Waals surface area contributed by atoms with Gasteiger partial charge >= 0.3 is 5.97 Å². The molecule has 1 amide bonds. The summed E-state index contributed by atoms with van der Waals surface area (Å²) in [5.74, 6) is -0.0489. The molecule has 3 heterocycles. The molecular formula is C28H37NO6S. The number of carbonyl (C=O) groups excluding carboxylic acids is 2. The Balaban J connectivity index is 1.58. The molecule has 7 nitrogen and oxygen atoms in total. The van der Waals surface area contributed by atoms with E-state index in [4.69, 9.17) is 18.9 Å². The zero-order valence-corrected chi connectivity index (χ0v) is 22.3. The molecule has 3 aliphatic rings. The van der Waals surface area contributed by atoms with Crippen molar-refractivity contribution in [3.05, 3.63) is 53.6 Å². The minimum Gasteiger partial charge on any atom is -0.497 e. The molecule has 2 fully saturated rings. The molecule has 0 radical (unpaired) electrons. The summed E-state index contributed by atoms with van der Waals surface area (Å²) in [5, 5.41) is -0.00246. The predicted molar refractivity (Wildman–Crippen MR) is 140 cm³/mol. The SMILES string of the molecule is COc1ccc(CN2C(=O)SC[C@H]2C2(OC)C[C@H]3C[C@@H](CCCC=CCCC(C)=CC(=O)O3)O2)cc1. The lowest BCUT2D eigenvalue weighted by atomic mass is 9.90. The average molecular weight is 516 g/mol. The highest BCUT2D eigenvalue weighted by molar-refractivity contribution is 8.13. The first-order chi connectivity index (χ1) is 17.4. The number of rotatable bonds is 5. The number of hydrogen-bond donors (Lipinski definition) is 0. The summed E-state index contributed by atoms with van der Waals surface area (Å²) >= 11 is 1.28. The topological polar surface area (TPSA) is 74.3 Å². The molecule has 4 rings (SSSR count). The van der Waals surface area contributed by atoms with E-state index in [1.807, 2.05) is 36.1 Å². The van der Waals surface area contributed by atoms with Gasteiger partial charge in [0.15, 0.2) is 5.79 Å². The van der Waals surface area contributed by atoms with Crippen molar-refractivity contribution in [2.24, 2.45) is 0 Å². The van der Waals surface area contributed by atoms with Gasteiger partial charge in [-0.15, -0.1) is 0 Å². The van der Waals surface area contributed by atoms with Crippen molar-refractivity contribution in [1.82, 2.24) is 4.90 Å². The van der Waals surface area contributed by atoms with E-state index in [-0.39, 0.29) is 29.5 Å². The highest BCUT2D eigenvalue weighted by atomic mass is 32.2. The van der Waals surface area contributed by atoms with Gasteiger partial charge in [0.1, 0.15) is 11.9 Å². The van der Waals surface area contributed by atoms with Crippen LogP contribution in [0.25, 0.3) is 0 Å². The van der Waals surface area contributed by atoms with Gasteiger partial charge in [0.25, 0.3) is 5.24 Å². The van der Waals surface area contributed by atoms with Crippen LogP contribution in [0.1, 0.15) is 57.4 Å². The Morgan fingerprint density at radius 1 is 1.11 bits per heavy atom. The zero-order valence-electron chi connectivity index (χ0n) is 21.4. The lowest BCUT2D eigenvalue weighted by molar-refractivity contribution is -0.305. The second-order valence-corrected chi connectivity index (χ2v) is 10.7. The predicted octanol–water partition coefficient (Wildman–Crippen LogP) is 5.63. The molecule has 0 N–H and O–H groups in total. The van der Waals surface area contributed by atoms with Crippen LogP contribution < -0.4 is 4.74 Å². The first-order valence-electron chi connectivity index (χ1n) is 12.7. The molecule has 2 bridgehead atoms. The highest BCUT2D eigenvalue weighted by Gasteiger charge is 2.54. The number of methoxy groups -OCH3 is 2. The summed E-state index contributed by atoms with van der Waals surface area (Å²) < 4.78 is 24.0. The maximum Gasteiger partial charge on any atom is 0.330 e. The van der Waals surface area contributed by atoms with Crippen molar-refractivity contribution < 1.29 is 28.5 Å². The molecule has 2 saturated heterocycles. The maximum absolute atomic E-state index is 13.0. The second-order valence-electron chi connectivity index (χ2n) is 9.75. The van der Waals surface area contributed by atoms with Gasteiger partial charge in [0.05, 0.1) is 19.3 Å². The van der Waals surface area contributed by atoms with Crippen LogP contribution in [0.3, 0.4) is 0 Å². The van der Waals surface area contributed by atoms with E-state index < -0.39 is 5.79 Å². The fourth-order valence-corrected chi connectivity index (χ4v) is 6.31. The molecule has 196 valence electrons. The molecule has 1 unspecified atom stereocenters. The zero-order chi connectivity index (χ0) is 25.5. The number of benzene rings is 1. The highest BCUT2D eigenvalue weighted by Crippen LogP contribution is 2.43. The molecule has 4 atom stereocenters. The van der Waals surface area contributed by atoms with Gasteiger partial charge < -0.3 is 23.8 Å². The van der Waals surface area contributed by atoms with Crippen molar-refractivity contribution in [1.29, 1.82) is 0 Å². The van der Waals surface area contributed by atoms with E-state index in [1.165, 1.54) is 11.8 Å². The number of fused-ring (bicyclic) bond motifs is 2. The monoisotopic (exact) mass is 515 g/mol. The van der Waals surface area contributed by atoms with E-state index in [1.54, 1.807) is 20.3 Å². The van der Waals surface area contributed by atoms with Gasteiger partial charge in [0, 0.05) is 38.3 Å². The summed E-state index contributed by atoms with van der Waals surface area (Å²) in [7, 11) is 3.26. The van der Waals surface area contributed by atoms with Gasteiger partial charge in [-0.05, 0) is 56.7 Å². The summed E-state index contributed by atoms with van der Waals surface area (Å²) in [6, 6.07) is 7.42. The number of allylic oxidation sites excluding steroid dienone is 3. The molecular weight excluding hydrogens is 478 g/mol. The number of amides is 1. The number of carbonyl (C=O) groups is 2. The summed E-state index contributed by atoms with van der Waals surface area (Å²) in [4.78, 5) is 27.5.